The van der Waals surface area contributed by atoms with Crippen LogP contribution in [0.3, 0.4) is 0 Å². The fourth-order valence-electron chi connectivity index (χ4n) is 1.94. The normalized spacial score (nSPS) is 10.9. The van der Waals surface area contributed by atoms with Crippen LogP contribution in [0, 0.1) is 0 Å². The summed E-state index contributed by atoms with van der Waals surface area (Å²) >= 11 is 5.96. The summed E-state index contributed by atoms with van der Waals surface area (Å²) in [7, 11) is 0. The van der Waals surface area contributed by atoms with E-state index >= 15 is 0 Å². The fraction of sp³-hybridized carbons (Fsp3) is 0.0769. The standard InChI is InChI=1S/C13H11ClN4/c14-9-5-10(15)13-11(6-9)17-12(18-13)4-8-2-1-3-16-7-8/h1-3,5-7H,4,15H2,(H,17,18). The average Bonchev–Trinajstić information content (AvgIpc) is 2.73. The molecule has 3 aromatic rings. The Morgan fingerprint density at radius 1 is 1.33 bits per heavy atom. The summed E-state index contributed by atoms with van der Waals surface area (Å²) in [5.74, 6) is 0.854. The van der Waals surface area contributed by atoms with Crippen LogP contribution in [0.1, 0.15) is 11.4 Å². The first kappa shape index (κ1) is 11.0. The van der Waals surface area contributed by atoms with Crippen molar-refractivity contribution in [3.05, 3.63) is 53.1 Å². The monoisotopic (exact) mass is 258 g/mol. The number of nitrogens with zero attached hydrogens (tertiary/aromatic N) is 2. The third kappa shape index (κ3) is 2.02. The van der Waals surface area contributed by atoms with E-state index in [1.807, 2.05) is 24.4 Å². The van der Waals surface area contributed by atoms with Crippen LogP contribution >= 0.6 is 11.6 Å². The van der Waals surface area contributed by atoms with Gasteiger partial charge in [0, 0.05) is 23.8 Å². The number of hydrogen-bond acceptors (Lipinski definition) is 3. The summed E-state index contributed by atoms with van der Waals surface area (Å²) < 4.78 is 0. The lowest BCUT2D eigenvalue weighted by Crippen LogP contribution is -1.91. The number of rotatable bonds is 2. The molecule has 0 amide bonds. The van der Waals surface area contributed by atoms with Crippen LogP contribution in [0.25, 0.3) is 11.0 Å². The zero-order chi connectivity index (χ0) is 12.5. The van der Waals surface area contributed by atoms with E-state index in [0.717, 1.165) is 22.4 Å². The second-order valence-electron chi connectivity index (χ2n) is 4.11. The Labute approximate surface area is 109 Å². The highest BCUT2D eigenvalue weighted by atomic mass is 35.5. The molecule has 0 saturated carbocycles. The number of nitrogens with two attached hydrogens (primary N) is 1. The molecule has 0 aliphatic heterocycles. The number of benzene rings is 1. The molecule has 90 valence electrons. The van der Waals surface area contributed by atoms with E-state index in [4.69, 9.17) is 17.3 Å². The van der Waals surface area contributed by atoms with Crippen molar-refractivity contribution in [3.8, 4) is 0 Å². The zero-order valence-electron chi connectivity index (χ0n) is 9.52. The number of hydrogen-bond donors (Lipinski definition) is 2. The zero-order valence-corrected chi connectivity index (χ0v) is 10.3. The maximum Gasteiger partial charge on any atom is 0.112 e. The number of pyridine rings is 1. The van der Waals surface area contributed by atoms with Crippen molar-refractivity contribution in [2.24, 2.45) is 0 Å². The molecule has 3 rings (SSSR count). The highest BCUT2D eigenvalue weighted by Gasteiger charge is 2.07. The van der Waals surface area contributed by atoms with E-state index in [0.29, 0.717) is 17.1 Å². The molecular weight excluding hydrogens is 248 g/mol. The van der Waals surface area contributed by atoms with E-state index in [1.165, 1.54) is 0 Å². The van der Waals surface area contributed by atoms with Crippen molar-refractivity contribution in [2.45, 2.75) is 6.42 Å². The minimum atomic E-state index is 0.589. The Kier molecular flexibility index (Phi) is 2.64. The Bertz CT molecular complexity index is 691. The van der Waals surface area contributed by atoms with E-state index < -0.39 is 0 Å². The summed E-state index contributed by atoms with van der Waals surface area (Å²) in [5.41, 5.74) is 9.19. The Morgan fingerprint density at radius 3 is 3.00 bits per heavy atom. The van der Waals surface area contributed by atoms with Crippen molar-refractivity contribution in [1.29, 1.82) is 0 Å². The topological polar surface area (TPSA) is 67.6 Å². The molecule has 0 aliphatic rings. The molecule has 0 fully saturated rings. The first-order valence-electron chi connectivity index (χ1n) is 5.55. The number of fused-ring (bicyclic) bond motifs is 1. The average molecular weight is 259 g/mol. The van der Waals surface area contributed by atoms with Crippen LogP contribution in [0.2, 0.25) is 5.02 Å². The fourth-order valence-corrected chi connectivity index (χ4v) is 2.17. The van der Waals surface area contributed by atoms with E-state index in [-0.39, 0.29) is 0 Å². The molecule has 0 spiro atoms. The quantitative estimate of drug-likeness (QED) is 0.695. The molecule has 2 aromatic heterocycles. The molecular formula is C13H11ClN4. The molecule has 0 unspecified atom stereocenters. The predicted molar refractivity (Wildman–Crippen MR) is 72.6 cm³/mol. The van der Waals surface area contributed by atoms with E-state index in [1.54, 1.807) is 12.3 Å². The molecule has 3 N–H and O–H groups in total. The SMILES string of the molecule is Nc1cc(Cl)cc2[nH]c(Cc3cccnc3)nc12. The van der Waals surface area contributed by atoms with Gasteiger partial charge < -0.3 is 10.7 Å². The summed E-state index contributed by atoms with van der Waals surface area (Å²) in [5, 5.41) is 0.608. The van der Waals surface area contributed by atoms with E-state index in [2.05, 4.69) is 15.0 Å². The van der Waals surface area contributed by atoms with Gasteiger partial charge in [0.15, 0.2) is 0 Å². The van der Waals surface area contributed by atoms with Gasteiger partial charge >= 0.3 is 0 Å². The lowest BCUT2D eigenvalue weighted by atomic mass is 10.2. The third-order valence-electron chi connectivity index (χ3n) is 2.72. The summed E-state index contributed by atoms with van der Waals surface area (Å²) in [6, 6.07) is 7.45. The number of halogens is 1. The number of anilines is 1. The molecule has 4 nitrogen and oxygen atoms in total. The number of aromatic amines is 1. The van der Waals surface area contributed by atoms with Crippen LogP contribution in [-0.2, 0) is 6.42 Å². The molecule has 0 atom stereocenters. The van der Waals surface area contributed by atoms with Crippen LogP contribution in [0.4, 0.5) is 5.69 Å². The lowest BCUT2D eigenvalue weighted by Gasteiger charge is -1.95. The maximum absolute atomic E-state index is 5.96. The van der Waals surface area contributed by atoms with Gasteiger partial charge in [-0.2, -0.15) is 0 Å². The van der Waals surface area contributed by atoms with Gasteiger partial charge in [0.1, 0.15) is 11.3 Å². The maximum atomic E-state index is 5.96. The molecule has 5 heteroatoms. The Balaban J connectivity index is 2.01. The van der Waals surface area contributed by atoms with Gasteiger partial charge in [0.2, 0.25) is 0 Å². The van der Waals surface area contributed by atoms with Gasteiger partial charge in [0.05, 0.1) is 11.2 Å². The van der Waals surface area contributed by atoms with Gasteiger partial charge in [-0.25, -0.2) is 4.98 Å². The van der Waals surface area contributed by atoms with Crippen LogP contribution in [0.15, 0.2) is 36.7 Å². The molecule has 1 aromatic carbocycles. The number of nitrogens with one attached hydrogen (secondary N) is 1. The lowest BCUT2D eigenvalue weighted by molar-refractivity contribution is 1.03. The van der Waals surface area contributed by atoms with Gasteiger partial charge in [-0.3, -0.25) is 4.98 Å². The summed E-state index contributed by atoms with van der Waals surface area (Å²) in [6.07, 6.45) is 4.27. The van der Waals surface area contributed by atoms with Crippen LogP contribution in [-0.4, -0.2) is 15.0 Å². The van der Waals surface area contributed by atoms with E-state index in [9.17, 15) is 0 Å². The first-order valence-corrected chi connectivity index (χ1v) is 5.93. The van der Waals surface area contributed by atoms with Crippen molar-refractivity contribution in [1.82, 2.24) is 15.0 Å². The van der Waals surface area contributed by atoms with Crippen molar-refractivity contribution >= 4 is 28.3 Å². The van der Waals surface area contributed by atoms with Gasteiger partial charge in [-0.1, -0.05) is 17.7 Å². The summed E-state index contributed by atoms with van der Waals surface area (Å²) in [6.45, 7) is 0. The number of imidazole rings is 1. The predicted octanol–water partition coefficient (Wildman–Crippen LogP) is 2.78. The van der Waals surface area contributed by atoms with Gasteiger partial charge in [0.25, 0.3) is 0 Å². The first-order chi connectivity index (χ1) is 8.72. The molecule has 2 heterocycles. The molecule has 0 saturated heterocycles. The number of aromatic nitrogens is 3. The molecule has 0 radical (unpaired) electrons. The molecule has 0 aliphatic carbocycles. The molecule has 0 bridgehead atoms. The van der Waals surface area contributed by atoms with Gasteiger partial charge in [-0.05, 0) is 23.8 Å². The second kappa shape index (κ2) is 4.31. The minimum absolute atomic E-state index is 0.589. The van der Waals surface area contributed by atoms with Crippen molar-refractivity contribution in [3.63, 3.8) is 0 Å². The highest BCUT2D eigenvalue weighted by molar-refractivity contribution is 6.31. The largest absolute Gasteiger partial charge is 0.397 e. The Morgan fingerprint density at radius 2 is 2.22 bits per heavy atom. The second-order valence-corrected chi connectivity index (χ2v) is 4.55. The van der Waals surface area contributed by atoms with Crippen LogP contribution in [0.5, 0.6) is 0 Å². The van der Waals surface area contributed by atoms with Crippen LogP contribution < -0.4 is 5.73 Å². The number of H-pyrrole nitrogens is 1. The highest BCUT2D eigenvalue weighted by Crippen LogP contribution is 2.24. The Hall–Kier alpha value is -2.07. The minimum Gasteiger partial charge on any atom is -0.397 e. The van der Waals surface area contributed by atoms with Crippen molar-refractivity contribution in [2.75, 3.05) is 5.73 Å². The molecule has 18 heavy (non-hydrogen) atoms. The third-order valence-corrected chi connectivity index (χ3v) is 2.94. The summed E-state index contributed by atoms with van der Waals surface area (Å²) in [4.78, 5) is 11.8. The van der Waals surface area contributed by atoms with Crippen molar-refractivity contribution < 1.29 is 0 Å². The van der Waals surface area contributed by atoms with Gasteiger partial charge in [-0.15, -0.1) is 0 Å². The smallest absolute Gasteiger partial charge is 0.112 e. The number of nitrogen functional groups attached to an aromatic ring is 1.